The van der Waals surface area contributed by atoms with E-state index < -0.39 is 0 Å². The number of aromatic nitrogens is 3. The Bertz CT molecular complexity index is 905. The number of hydrogen-bond acceptors (Lipinski definition) is 7. The molecule has 27 heavy (non-hydrogen) atoms. The normalized spacial score (nSPS) is 10.4. The molecule has 1 amide bonds. The average molecular weight is 408 g/mol. The smallest absolute Gasteiger partial charge is 0.340 e. The fourth-order valence-electron chi connectivity index (χ4n) is 2.09. The van der Waals surface area contributed by atoms with Crippen molar-refractivity contribution in [2.45, 2.75) is 12.8 Å². The van der Waals surface area contributed by atoms with E-state index in [0.29, 0.717) is 34.6 Å². The average Bonchev–Trinajstić information content (AvgIpc) is 3.16. The molecule has 0 saturated heterocycles. The van der Waals surface area contributed by atoms with Gasteiger partial charge in [0, 0.05) is 24.4 Å². The predicted molar refractivity (Wildman–Crippen MR) is 100 cm³/mol. The maximum absolute atomic E-state index is 11.9. The van der Waals surface area contributed by atoms with Crippen LogP contribution in [0.1, 0.15) is 12.8 Å². The molecular weight excluding hydrogens is 393 g/mol. The summed E-state index contributed by atoms with van der Waals surface area (Å²) in [5.74, 6) is 0.623. The molecule has 0 aliphatic carbocycles. The number of ether oxygens (including phenoxy) is 1. The summed E-state index contributed by atoms with van der Waals surface area (Å²) in [4.78, 5) is 19.9. The van der Waals surface area contributed by atoms with Crippen LogP contribution in [0.2, 0.25) is 10.0 Å². The number of carbonyl (C=O) groups excluding carboxylic acids is 1. The van der Waals surface area contributed by atoms with Gasteiger partial charge in [0.05, 0.1) is 11.6 Å². The number of nitrogens with one attached hydrogen (secondary N) is 2. The van der Waals surface area contributed by atoms with Crippen LogP contribution in [0.25, 0.3) is 11.4 Å². The summed E-state index contributed by atoms with van der Waals surface area (Å²) >= 11 is 11.9. The zero-order valence-electron chi connectivity index (χ0n) is 14.0. The number of hydrogen-bond donors (Lipinski definition) is 2. The van der Waals surface area contributed by atoms with E-state index >= 15 is 0 Å². The number of pyridine rings is 1. The number of nitrogens with zero attached hydrogens (tertiary/aromatic N) is 3. The minimum absolute atomic E-state index is 0.0807. The maximum Gasteiger partial charge on any atom is 0.340 e. The second-order valence-electron chi connectivity index (χ2n) is 5.34. The molecule has 3 rings (SSSR count). The third-order valence-corrected chi connectivity index (χ3v) is 4.20. The lowest BCUT2D eigenvalue weighted by Gasteiger charge is -2.09. The topological polar surface area (TPSA) is 102 Å². The van der Waals surface area contributed by atoms with Gasteiger partial charge in [-0.1, -0.05) is 34.4 Å². The predicted octanol–water partition coefficient (Wildman–Crippen LogP) is 3.74. The zero-order chi connectivity index (χ0) is 19.1. The highest BCUT2D eigenvalue weighted by molar-refractivity contribution is 6.42. The summed E-state index contributed by atoms with van der Waals surface area (Å²) in [7, 11) is 0. The fraction of sp³-hybridized carbons (Fsp3) is 0.176. The van der Waals surface area contributed by atoms with Gasteiger partial charge in [-0.2, -0.15) is 4.98 Å². The maximum atomic E-state index is 11.9. The van der Waals surface area contributed by atoms with E-state index in [1.165, 1.54) is 0 Å². The van der Waals surface area contributed by atoms with Crippen LogP contribution in [0.5, 0.6) is 5.75 Å². The number of benzene rings is 1. The largest absolute Gasteiger partial charge is 0.492 e. The molecule has 0 fully saturated rings. The van der Waals surface area contributed by atoms with Crippen molar-refractivity contribution in [1.82, 2.24) is 20.6 Å². The summed E-state index contributed by atoms with van der Waals surface area (Å²) in [5.41, 5.74) is 5.81. The van der Waals surface area contributed by atoms with Gasteiger partial charge in [-0.05, 0) is 30.7 Å². The van der Waals surface area contributed by atoms with Crippen LogP contribution in [0.4, 0.5) is 6.01 Å². The Balaban J connectivity index is 1.39. The van der Waals surface area contributed by atoms with Gasteiger partial charge in [0.2, 0.25) is 11.7 Å². The van der Waals surface area contributed by atoms with E-state index in [1.54, 1.807) is 42.7 Å². The van der Waals surface area contributed by atoms with Gasteiger partial charge in [0.15, 0.2) is 0 Å². The Morgan fingerprint density at radius 2 is 2.00 bits per heavy atom. The highest BCUT2D eigenvalue weighted by atomic mass is 35.5. The quantitative estimate of drug-likeness (QED) is 0.432. The summed E-state index contributed by atoms with van der Waals surface area (Å²) in [6.45, 7) is 0.320. The molecule has 0 unspecified atom stereocenters. The Morgan fingerprint density at radius 3 is 2.81 bits per heavy atom. The Kier molecular flexibility index (Phi) is 6.45. The molecule has 0 aliphatic heterocycles. The van der Waals surface area contributed by atoms with Crippen molar-refractivity contribution < 1.29 is 14.1 Å². The van der Waals surface area contributed by atoms with Gasteiger partial charge < -0.3 is 9.26 Å². The third kappa shape index (κ3) is 5.32. The van der Waals surface area contributed by atoms with Crippen molar-refractivity contribution in [3.05, 3.63) is 52.8 Å². The van der Waals surface area contributed by atoms with Crippen molar-refractivity contribution >= 4 is 35.1 Å². The minimum atomic E-state index is -0.251. The van der Waals surface area contributed by atoms with Gasteiger partial charge in [-0.25, -0.2) is 5.43 Å². The number of hydrazine groups is 1. The Morgan fingerprint density at radius 1 is 1.19 bits per heavy atom. The molecule has 3 aromatic rings. The standard InChI is InChI=1S/C17H15Cl2N5O3/c18-12-3-1-4-13(15(12)19)26-10-2-5-14(25)22-23-17-21-16(24-27-17)11-6-8-20-9-7-11/h1,3-4,6-9H,2,5,10H2,(H,22,25)(H,21,23,24). The molecule has 0 atom stereocenters. The van der Waals surface area contributed by atoms with E-state index in [-0.39, 0.29) is 18.3 Å². The summed E-state index contributed by atoms with van der Waals surface area (Å²) < 4.78 is 10.5. The molecule has 2 N–H and O–H groups in total. The zero-order valence-corrected chi connectivity index (χ0v) is 15.5. The van der Waals surface area contributed by atoms with Gasteiger partial charge in [-0.3, -0.25) is 15.2 Å². The molecule has 8 nitrogen and oxygen atoms in total. The van der Waals surface area contributed by atoms with Crippen LogP contribution in [-0.2, 0) is 4.79 Å². The second-order valence-corrected chi connectivity index (χ2v) is 6.12. The molecule has 2 heterocycles. The molecule has 10 heteroatoms. The van der Waals surface area contributed by atoms with Gasteiger partial charge in [-0.15, -0.1) is 0 Å². The molecular formula is C17H15Cl2N5O3. The number of carbonyl (C=O) groups is 1. The van der Waals surface area contributed by atoms with Crippen molar-refractivity contribution in [3.63, 3.8) is 0 Å². The van der Waals surface area contributed by atoms with Crippen LogP contribution in [0.15, 0.2) is 47.2 Å². The lowest BCUT2D eigenvalue weighted by molar-refractivity contribution is -0.120. The van der Waals surface area contributed by atoms with E-state index in [1.807, 2.05) is 0 Å². The minimum Gasteiger partial charge on any atom is -0.492 e. The third-order valence-electron chi connectivity index (χ3n) is 3.40. The van der Waals surface area contributed by atoms with Crippen molar-refractivity contribution in [1.29, 1.82) is 0 Å². The monoisotopic (exact) mass is 407 g/mol. The van der Waals surface area contributed by atoms with E-state index in [0.717, 1.165) is 5.56 Å². The van der Waals surface area contributed by atoms with Crippen LogP contribution in [0.3, 0.4) is 0 Å². The molecule has 1 aromatic carbocycles. The van der Waals surface area contributed by atoms with Crippen molar-refractivity contribution in [3.8, 4) is 17.1 Å². The first-order chi connectivity index (χ1) is 13.1. The van der Waals surface area contributed by atoms with Crippen molar-refractivity contribution in [2.75, 3.05) is 12.0 Å². The lowest BCUT2D eigenvalue weighted by Crippen LogP contribution is -2.29. The van der Waals surface area contributed by atoms with Gasteiger partial charge >= 0.3 is 6.01 Å². The lowest BCUT2D eigenvalue weighted by atomic mass is 10.3. The Labute approximate surface area is 164 Å². The van der Waals surface area contributed by atoms with Crippen LogP contribution >= 0.6 is 23.2 Å². The molecule has 0 saturated carbocycles. The molecule has 140 valence electrons. The second kappa shape index (κ2) is 9.20. The highest BCUT2D eigenvalue weighted by Crippen LogP contribution is 2.31. The van der Waals surface area contributed by atoms with E-state index in [4.69, 9.17) is 32.5 Å². The number of rotatable bonds is 8. The molecule has 2 aromatic heterocycles. The molecule has 0 bridgehead atoms. The van der Waals surface area contributed by atoms with E-state index in [2.05, 4.69) is 26.0 Å². The summed E-state index contributed by atoms with van der Waals surface area (Å²) in [6, 6.07) is 8.71. The van der Waals surface area contributed by atoms with Crippen LogP contribution in [-0.4, -0.2) is 27.6 Å². The number of amides is 1. The highest BCUT2D eigenvalue weighted by Gasteiger charge is 2.10. The first-order valence-electron chi connectivity index (χ1n) is 7.99. The molecule has 0 spiro atoms. The first-order valence-corrected chi connectivity index (χ1v) is 8.75. The van der Waals surface area contributed by atoms with Crippen molar-refractivity contribution in [2.24, 2.45) is 0 Å². The Hall–Kier alpha value is -2.84. The van der Waals surface area contributed by atoms with Gasteiger partial charge in [0.1, 0.15) is 10.8 Å². The number of anilines is 1. The van der Waals surface area contributed by atoms with Crippen LogP contribution < -0.4 is 15.6 Å². The van der Waals surface area contributed by atoms with Gasteiger partial charge in [0.25, 0.3) is 0 Å². The van der Waals surface area contributed by atoms with E-state index in [9.17, 15) is 4.79 Å². The SMILES string of the molecule is O=C(CCCOc1cccc(Cl)c1Cl)NNc1nc(-c2ccncc2)no1. The molecule has 0 aliphatic rings. The summed E-state index contributed by atoms with van der Waals surface area (Å²) in [6.07, 6.45) is 3.97. The summed E-state index contributed by atoms with van der Waals surface area (Å²) in [5, 5.41) is 4.59. The fourth-order valence-corrected chi connectivity index (χ4v) is 2.43. The van der Waals surface area contributed by atoms with Crippen LogP contribution in [0, 0.1) is 0 Å². The number of halogens is 2. The first kappa shape index (κ1) is 18.9. The molecule has 0 radical (unpaired) electrons.